The van der Waals surface area contributed by atoms with E-state index in [9.17, 15) is 28.0 Å². The molecule has 0 saturated carbocycles. The second-order valence-corrected chi connectivity index (χ2v) is 4.49. The molecule has 1 heterocycles. The Kier molecular flexibility index (Phi) is 3.43. The van der Waals surface area contributed by atoms with Gasteiger partial charge in [-0.3, -0.25) is 14.8 Å². The Morgan fingerprint density at radius 3 is 2.60 bits per heavy atom. The van der Waals surface area contributed by atoms with Gasteiger partial charge in [0, 0.05) is 0 Å². The van der Waals surface area contributed by atoms with E-state index in [2.05, 4.69) is 0 Å². The first-order valence-corrected chi connectivity index (χ1v) is 5.65. The zero-order valence-corrected chi connectivity index (χ0v) is 10.0. The fourth-order valence-corrected chi connectivity index (χ4v) is 2.15. The average molecular weight is 289 g/mol. The minimum atomic E-state index is -4.54. The van der Waals surface area contributed by atoms with Crippen LogP contribution in [0.1, 0.15) is 17.5 Å². The normalized spacial score (nSPS) is 18.9. The molecule has 0 aromatic heterocycles. The number of anilines is 1. The van der Waals surface area contributed by atoms with Crippen LogP contribution >= 0.6 is 0 Å². The Hall–Kier alpha value is -2.09. The van der Waals surface area contributed by atoms with Gasteiger partial charge in [0.2, 0.25) is 0 Å². The highest BCUT2D eigenvalue weighted by atomic mass is 19.4. The number of carboxylic acids is 1. The van der Waals surface area contributed by atoms with E-state index in [1.807, 2.05) is 0 Å². The SMILES string of the molecule is O=C(O)CC1Cc2cc(C(F)(F)F)ccc2N(O)C1=O. The van der Waals surface area contributed by atoms with E-state index in [0.717, 1.165) is 18.2 Å². The monoisotopic (exact) mass is 289 g/mol. The van der Waals surface area contributed by atoms with Crippen LogP contribution < -0.4 is 5.06 Å². The van der Waals surface area contributed by atoms with Gasteiger partial charge in [0.05, 0.1) is 23.6 Å². The molecule has 0 saturated heterocycles. The van der Waals surface area contributed by atoms with Crippen molar-refractivity contribution in [2.75, 3.05) is 5.06 Å². The van der Waals surface area contributed by atoms with E-state index in [0.29, 0.717) is 0 Å². The minimum absolute atomic E-state index is 0.0513. The first kappa shape index (κ1) is 14.3. The molecule has 1 aromatic rings. The second-order valence-electron chi connectivity index (χ2n) is 4.49. The molecule has 1 atom stereocenters. The number of carbonyl (C=O) groups excluding carboxylic acids is 1. The topological polar surface area (TPSA) is 77.8 Å². The number of aliphatic carboxylic acids is 1. The molecule has 1 unspecified atom stereocenters. The Labute approximate surface area is 111 Å². The molecule has 0 fully saturated rings. The van der Waals surface area contributed by atoms with Gasteiger partial charge in [-0.25, -0.2) is 0 Å². The molecule has 2 rings (SSSR count). The molecule has 1 aliphatic heterocycles. The predicted octanol–water partition coefficient (Wildman–Crippen LogP) is 2.07. The van der Waals surface area contributed by atoms with E-state index in [1.54, 1.807) is 0 Å². The zero-order valence-electron chi connectivity index (χ0n) is 10.0. The fraction of sp³-hybridized carbons (Fsp3) is 0.333. The third-order valence-electron chi connectivity index (χ3n) is 3.08. The summed E-state index contributed by atoms with van der Waals surface area (Å²) >= 11 is 0. The van der Waals surface area contributed by atoms with Crippen LogP contribution in [0.4, 0.5) is 18.9 Å². The van der Waals surface area contributed by atoms with Gasteiger partial charge in [-0.05, 0) is 30.2 Å². The van der Waals surface area contributed by atoms with Crippen molar-refractivity contribution < 1.29 is 33.1 Å². The van der Waals surface area contributed by atoms with Gasteiger partial charge in [0.15, 0.2) is 0 Å². The number of halogens is 3. The average Bonchev–Trinajstić information content (AvgIpc) is 2.33. The summed E-state index contributed by atoms with van der Waals surface area (Å²) in [6, 6.07) is 2.57. The van der Waals surface area contributed by atoms with Crippen LogP contribution in [0.15, 0.2) is 18.2 Å². The molecule has 1 aliphatic rings. The maximum absolute atomic E-state index is 12.6. The number of benzene rings is 1. The van der Waals surface area contributed by atoms with Crippen LogP contribution in [-0.2, 0) is 22.2 Å². The maximum Gasteiger partial charge on any atom is 0.416 e. The second kappa shape index (κ2) is 4.78. The number of nitrogens with zero attached hydrogens (tertiary/aromatic N) is 1. The van der Waals surface area contributed by atoms with E-state index < -0.39 is 36.0 Å². The van der Waals surface area contributed by atoms with Crippen LogP contribution in [0.25, 0.3) is 0 Å². The van der Waals surface area contributed by atoms with Crippen molar-refractivity contribution in [2.24, 2.45) is 5.92 Å². The third kappa shape index (κ3) is 2.60. The lowest BCUT2D eigenvalue weighted by molar-refractivity contribution is -0.142. The molecule has 0 radical (unpaired) electrons. The Morgan fingerprint density at radius 2 is 2.05 bits per heavy atom. The number of amides is 1. The zero-order chi connectivity index (χ0) is 15.1. The van der Waals surface area contributed by atoms with E-state index in [4.69, 9.17) is 5.11 Å². The van der Waals surface area contributed by atoms with Crippen molar-refractivity contribution in [2.45, 2.75) is 19.0 Å². The summed E-state index contributed by atoms with van der Waals surface area (Å²) in [5, 5.41) is 18.5. The van der Waals surface area contributed by atoms with Gasteiger partial charge < -0.3 is 5.11 Å². The van der Waals surface area contributed by atoms with Gasteiger partial charge in [-0.1, -0.05) is 0 Å². The first-order valence-electron chi connectivity index (χ1n) is 5.65. The first-order chi connectivity index (χ1) is 9.20. The highest BCUT2D eigenvalue weighted by molar-refractivity contribution is 5.97. The number of hydroxylamine groups is 1. The summed E-state index contributed by atoms with van der Waals surface area (Å²) in [4.78, 5) is 22.3. The minimum Gasteiger partial charge on any atom is -0.481 e. The van der Waals surface area contributed by atoms with Gasteiger partial charge in [0.1, 0.15) is 0 Å². The van der Waals surface area contributed by atoms with E-state index >= 15 is 0 Å². The standard InChI is InChI=1S/C12H10F3NO4/c13-12(14,15)8-1-2-9-6(4-8)3-7(5-10(17)18)11(19)16(9)20/h1-2,4,7,20H,3,5H2,(H,17,18). The molecule has 5 nitrogen and oxygen atoms in total. The molecule has 0 spiro atoms. The maximum atomic E-state index is 12.6. The molecule has 108 valence electrons. The van der Waals surface area contributed by atoms with E-state index in [-0.39, 0.29) is 22.7 Å². The number of hydrogen-bond acceptors (Lipinski definition) is 3. The largest absolute Gasteiger partial charge is 0.481 e. The van der Waals surface area contributed by atoms with Crippen molar-refractivity contribution in [1.82, 2.24) is 0 Å². The molecular formula is C12H10F3NO4. The lowest BCUT2D eigenvalue weighted by Gasteiger charge is -2.29. The molecule has 1 aromatic carbocycles. The van der Waals surface area contributed by atoms with E-state index in [1.165, 1.54) is 0 Å². The number of carbonyl (C=O) groups is 2. The highest BCUT2D eigenvalue weighted by Crippen LogP contribution is 2.36. The van der Waals surface area contributed by atoms with Crippen molar-refractivity contribution in [3.8, 4) is 0 Å². The summed E-state index contributed by atoms with van der Waals surface area (Å²) in [6.45, 7) is 0. The Balaban J connectivity index is 2.40. The number of fused-ring (bicyclic) bond motifs is 1. The van der Waals surface area contributed by atoms with Gasteiger partial charge in [-0.15, -0.1) is 0 Å². The van der Waals surface area contributed by atoms with Gasteiger partial charge in [-0.2, -0.15) is 18.2 Å². The fourth-order valence-electron chi connectivity index (χ4n) is 2.15. The third-order valence-corrected chi connectivity index (χ3v) is 3.08. The number of hydrogen-bond donors (Lipinski definition) is 2. The van der Waals surface area contributed by atoms with Crippen LogP contribution in [0.2, 0.25) is 0 Å². The van der Waals surface area contributed by atoms with Crippen molar-refractivity contribution >= 4 is 17.6 Å². The van der Waals surface area contributed by atoms with Gasteiger partial charge >= 0.3 is 12.1 Å². The Bertz CT molecular complexity index is 570. The predicted molar refractivity (Wildman–Crippen MR) is 60.2 cm³/mol. The Morgan fingerprint density at radius 1 is 1.40 bits per heavy atom. The molecule has 1 amide bonds. The van der Waals surface area contributed by atoms with Gasteiger partial charge in [0.25, 0.3) is 5.91 Å². The van der Waals surface area contributed by atoms with Crippen LogP contribution in [0.3, 0.4) is 0 Å². The summed E-state index contributed by atoms with van der Waals surface area (Å²) in [5.74, 6) is -3.17. The molecule has 20 heavy (non-hydrogen) atoms. The number of carboxylic acid groups (broad SMARTS) is 1. The summed E-state index contributed by atoms with van der Waals surface area (Å²) in [7, 11) is 0. The smallest absolute Gasteiger partial charge is 0.416 e. The van der Waals surface area contributed by atoms with Crippen LogP contribution in [0.5, 0.6) is 0 Å². The van der Waals surface area contributed by atoms with Crippen molar-refractivity contribution in [1.29, 1.82) is 0 Å². The lowest BCUT2D eigenvalue weighted by Crippen LogP contribution is -2.40. The molecule has 8 heteroatoms. The molecule has 2 N–H and O–H groups in total. The molecular weight excluding hydrogens is 279 g/mol. The molecule has 0 bridgehead atoms. The molecule has 0 aliphatic carbocycles. The van der Waals surface area contributed by atoms with Crippen LogP contribution in [0, 0.1) is 5.92 Å². The number of rotatable bonds is 2. The summed E-state index contributed by atoms with van der Waals surface area (Å²) in [5.41, 5.74) is -0.870. The quantitative estimate of drug-likeness (QED) is 0.817. The van der Waals surface area contributed by atoms with Crippen LogP contribution in [-0.4, -0.2) is 22.2 Å². The van der Waals surface area contributed by atoms with Crippen molar-refractivity contribution in [3.63, 3.8) is 0 Å². The lowest BCUT2D eigenvalue weighted by atomic mass is 9.89. The summed E-state index contributed by atoms with van der Waals surface area (Å²) < 4.78 is 37.8. The number of alkyl halides is 3. The van der Waals surface area contributed by atoms with Crippen molar-refractivity contribution in [3.05, 3.63) is 29.3 Å². The highest BCUT2D eigenvalue weighted by Gasteiger charge is 2.36. The summed E-state index contributed by atoms with van der Waals surface area (Å²) in [6.07, 6.45) is -5.24.